The van der Waals surface area contributed by atoms with Gasteiger partial charge in [0.15, 0.2) is 0 Å². The molecule has 2 rings (SSSR count). The third-order valence-electron chi connectivity index (χ3n) is 3.54. The lowest BCUT2D eigenvalue weighted by Gasteiger charge is -2.33. The summed E-state index contributed by atoms with van der Waals surface area (Å²) in [5.41, 5.74) is 1.75. The van der Waals surface area contributed by atoms with Crippen molar-refractivity contribution in [2.45, 2.75) is 46.8 Å². The first-order valence-corrected chi connectivity index (χ1v) is 7.13. The number of furan rings is 1. The van der Waals surface area contributed by atoms with Crippen LogP contribution in [0.4, 0.5) is 0 Å². The van der Waals surface area contributed by atoms with Gasteiger partial charge < -0.3 is 14.3 Å². The van der Waals surface area contributed by atoms with Gasteiger partial charge in [-0.1, -0.05) is 39.0 Å². The molecule has 0 aliphatic carbocycles. The summed E-state index contributed by atoms with van der Waals surface area (Å²) in [6, 6.07) is 7.90. The molecular weight excluding hydrogens is 252 g/mol. The Kier molecular flexibility index (Phi) is 4.21. The summed E-state index contributed by atoms with van der Waals surface area (Å²) in [6.45, 7) is 10.7. The number of aryl methyl sites for hydroxylation is 1. The summed E-state index contributed by atoms with van der Waals surface area (Å²) in [7, 11) is 0. The molecule has 0 spiro atoms. The third kappa shape index (κ3) is 2.89. The van der Waals surface area contributed by atoms with Gasteiger partial charge in [0.25, 0.3) is 0 Å². The van der Waals surface area contributed by atoms with E-state index in [9.17, 15) is 5.11 Å². The number of aliphatic hydroxyl groups is 1. The lowest BCUT2D eigenvalue weighted by molar-refractivity contribution is -0.0959. The molecule has 0 radical (unpaired) electrons. The van der Waals surface area contributed by atoms with E-state index in [1.807, 2.05) is 38.1 Å². The van der Waals surface area contributed by atoms with Gasteiger partial charge in [0.2, 0.25) is 0 Å². The Hall–Kier alpha value is -1.32. The second kappa shape index (κ2) is 5.58. The Morgan fingerprint density at radius 2 is 2.00 bits per heavy atom. The zero-order chi connectivity index (χ0) is 14.9. The number of hydrogen-bond acceptors (Lipinski definition) is 3. The van der Waals surface area contributed by atoms with Crippen molar-refractivity contribution >= 4 is 11.0 Å². The second-order valence-electron chi connectivity index (χ2n) is 6.33. The first-order valence-electron chi connectivity index (χ1n) is 7.13. The lowest BCUT2D eigenvalue weighted by Crippen LogP contribution is -2.35. The maximum atomic E-state index is 10.6. The van der Waals surface area contributed by atoms with Crippen molar-refractivity contribution in [1.29, 1.82) is 0 Å². The molecule has 0 fully saturated rings. The van der Waals surface area contributed by atoms with Crippen LogP contribution < -0.4 is 0 Å². The van der Waals surface area contributed by atoms with E-state index in [4.69, 9.17) is 9.15 Å². The van der Waals surface area contributed by atoms with Gasteiger partial charge in [-0.15, -0.1) is 0 Å². The number of para-hydroxylation sites is 1. The van der Waals surface area contributed by atoms with Crippen molar-refractivity contribution in [2.75, 3.05) is 6.61 Å². The molecule has 2 aromatic rings. The van der Waals surface area contributed by atoms with Crippen LogP contribution in [-0.2, 0) is 4.74 Å². The van der Waals surface area contributed by atoms with E-state index < -0.39 is 6.10 Å². The van der Waals surface area contributed by atoms with Crippen molar-refractivity contribution in [3.8, 4) is 0 Å². The Balaban J connectivity index is 2.38. The number of rotatable bonds is 4. The molecule has 0 saturated carbocycles. The number of ether oxygens (including phenoxy) is 1. The highest BCUT2D eigenvalue weighted by atomic mass is 16.5. The van der Waals surface area contributed by atoms with Gasteiger partial charge in [-0.2, -0.15) is 0 Å². The Morgan fingerprint density at radius 3 is 2.55 bits per heavy atom. The second-order valence-corrected chi connectivity index (χ2v) is 6.33. The lowest BCUT2D eigenvalue weighted by atomic mass is 9.85. The highest BCUT2D eigenvalue weighted by molar-refractivity contribution is 5.80. The van der Waals surface area contributed by atoms with Gasteiger partial charge in [0.1, 0.15) is 17.4 Å². The summed E-state index contributed by atoms with van der Waals surface area (Å²) in [4.78, 5) is 0. The van der Waals surface area contributed by atoms with Gasteiger partial charge in [-0.25, -0.2) is 0 Å². The fraction of sp³-hybridized carbons (Fsp3) is 0.529. The molecule has 0 saturated heterocycles. The summed E-state index contributed by atoms with van der Waals surface area (Å²) in [5.74, 6) is 0.572. The van der Waals surface area contributed by atoms with Gasteiger partial charge in [-0.3, -0.25) is 0 Å². The molecule has 1 N–H and O–H groups in total. The van der Waals surface area contributed by atoms with E-state index in [1.54, 1.807) is 0 Å². The first-order chi connectivity index (χ1) is 9.34. The van der Waals surface area contributed by atoms with Crippen LogP contribution in [0.2, 0.25) is 0 Å². The number of benzene rings is 1. The zero-order valence-corrected chi connectivity index (χ0v) is 12.9. The molecule has 1 aromatic carbocycles. The van der Waals surface area contributed by atoms with Gasteiger partial charge in [0, 0.05) is 12.0 Å². The minimum atomic E-state index is -0.762. The van der Waals surface area contributed by atoms with Crippen molar-refractivity contribution < 1.29 is 14.3 Å². The normalized spacial score (nSPS) is 15.5. The fourth-order valence-corrected chi connectivity index (χ4v) is 2.52. The van der Waals surface area contributed by atoms with E-state index in [2.05, 4.69) is 20.8 Å². The maximum absolute atomic E-state index is 10.6. The molecule has 0 amide bonds. The van der Waals surface area contributed by atoms with Crippen molar-refractivity contribution in [3.63, 3.8) is 0 Å². The standard InChI is InChI=1S/C17H24O3/c1-6-19-16(17(3,4)5)14(18)13-10-12-9-7-8-11(2)15(12)20-13/h7-10,14,16,18H,6H2,1-5H3. The molecule has 3 nitrogen and oxygen atoms in total. The van der Waals surface area contributed by atoms with E-state index in [0.29, 0.717) is 12.4 Å². The van der Waals surface area contributed by atoms with E-state index in [1.165, 1.54) is 0 Å². The van der Waals surface area contributed by atoms with Crippen LogP contribution in [0, 0.1) is 12.3 Å². The highest BCUT2D eigenvalue weighted by Gasteiger charge is 2.34. The molecule has 1 aromatic heterocycles. The van der Waals surface area contributed by atoms with Crippen molar-refractivity contribution in [1.82, 2.24) is 0 Å². The average molecular weight is 276 g/mol. The quantitative estimate of drug-likeness (QED) is 0.909. The van der Waals surface area contributed by atoms with E-state index >= 15 is 0 Å². The molecule has 2 unspecified atom stereocenters. The number of hydrogen-bond donors (Lipinski definition) is 1. The predicted molar refractivity (Wildman–Crippen MR) is 80.8 cm³/mol. The highest BCUT2D eigenvalue weighted by Crippen LogP contribution is 2.35. The molecule has 2 atom stereocenters. The molecule has 1 heterocycles. The predicted octanol–water partition coefficient (Wildman–Crippen LogP) is 4.23. The number of fused-ring (bicyclic) bond motifs is 1. The van der Waals surface area contributed by atoms with Crippen LogP contribution in [0.5, 0.6) is 0 Å². The molecule has 3 heteroatoms. The van der Waals surface area contributed by atoms with Gasteiger partial charge in [0.05, 0.1) is 6.10 Å². The minimum absolute atomic E-state index is 0.163. The van der Waals surface area contributed by atoms with Crippen LogP contribution in [-0.4, -0.2) is 17.8 Å². The maximum Gasteiger partial charge on any atom is 0.138 e. The monoisotopic (exact) mass is 276 g/mol. The van der Waals surface area contributed by atoms with Gasteiger partial charge in [-0.05, 0) is 30.9 Å². The molecule has 0 bridgehead atoms. The van der Waals surface area contributed by atoms with Gasteiger partial charge >= 0.3 is 0 Å². The summed E-state index contributed by atoms with van der Waals surface area (Å²) < 4.78 is 11.6. The minimum Gasteiger partial charge on any atom is -0.458 e. The summed E-state index contributed by atoms with van der Waals surface area (Å²) in [5, 5.41) is 11.6. The SMILES string of the molecule is CCOC(C(O)c1cc2cccc(C)c2o1)C(C)(C)C. The van der Waals surface area contributed by atoms with Crippen LogP contribution in [0.3, 0.4) is 0 Å². The largest absolute Gasteiger partial charge is 0.458 e. The summed E-state index contributed by atoms with van der Waals surface area (Å²) >= 11 is 0. The topological polar surface area (TPSA) is 42.6 Å². The van der Waals surface area contributed by atoms with Crippen LogP contribution in [0.15, 0.2) is 28.7 Å². The summed E-state index contributed by atoms with van der Waals surface area (Å²) in [6.07, 6.45) is -1.06. The molecule has 0 aliphatic heterocycles. The fourth-order valence-electron chi connectivity index (χ4n) is 2.52. The zero-order valence-electron chi connectivity index (χ0n) is 12.9. The van der Waals surface area contributed by atoms with Crippen LogP contribution in [0.1, 0.15) is 45.1 Å². The average Bonchev–Trinajstić information content (AvgIpc) is 2.79. The van der Waals surface area contributed by atoms with Crippen LogP contribution >= 0.6 is 0 Å². The Morgan fingerprint density at radius 1 is 1.30 bits per heavy atom. The molecule has 20 heavy (non-hydrogen) atoms. The number of aliphatic hydroxyl groups excluding tert-OH is 1. The van der Waals surface area contributed by atoms with Crippen molar-refractivity contribution in [2.24, 2.45) is 5.41 Å². The Labute approximate surface area is 120 Å². The van der Waals surface area contributed by atoms with E-state index in [0.717, 1.165) is 16.5 Å². The van der Waals surface area contributed by atoms with E-state index in [-0.39, 0.29) is 11.5 Å². The molecule has 110 valence electrons. The van der Waals surface area contributed by atoms with Crippen LogP contribution in [0.25, 0.3) is 11.0 Å². The smallest absolute Gasteiger partial charge is 0.138 e. The Bertz CT molecular complexity index is 577. The third-order valence-corrected chi connectivity index (χ3v) is 3.54. The first kappa shape index (κ1) is 15.1. The molecular formula is C17H24O3. The van der Waals surface area contributed by atoms with Crippen molar-refractivity contribution in [3.05, 3.63) is 35.6 Å². The molecule has 0 aliphatic rings.